The molecule has 1 amide bonds. The van der Waals surface area contributed by atoms with Crippen LogP contribution < -0.4 is 0 Å². The highest BCUT2D eigenvalue weighted by atomic mass is 32.1. The number of β-amino-alcohol motifs (C(OH)–C–C–N with tert-alkyl or cyclic N) is 1. The van der Waals surface area contributed by atoms with E-state index in [1.165, 1.54) is 10.4 Å². The van der Waals surface area contributed by atoms with Gasteiger partial charge in [0.05, 0.1) is 19.1 Å². The van der Waals surface area contributed by atoms with E-state index in [2.05, 4.69) is 16.3 Å². The van der Waals surface area contributed by atoms with E-state index in [1.807, 2.05) is 11.8 Å². The van der Waals surface area contributed by atoms with Crippen LogP contribution >= 0.6 is 11.3 Å². The van der Waals surface area contributed by atoms with Gasteiger partial charge < -0.3 is 14.7 Å². The van der Waals surface area contributed by atoms with Crippen molar-refractivity contribution in [1.29, 1.82) is 0 Å². The summed E-state index contributed by atoms with van der Waals surface area (Å²) < 4.78 is 5.83. The minimum absolute atomic E-state index is 0.0637. The average molecular weight is 338 g/mol. The maximum absolute atomic E-state index is 12.6. The summed E-state index contributed by atoms with van der Waals surface area (Å²) in [4.78, 5) is 18.0. The van der Waals surface area contributed by atoms with Crippen molar-refractivity contribution >= 4 is 17.2 Å². The molecular weight excluding hydrogens is 312 g/mol. The van der Waals surface area contributed by atoms with Gasteiger partial charge >= 0.3 is 0 Å². The molecule has 0 saturated carbocycles. The van der Waals surface area contributed by atoms with E-state index < -0.39 is 0 Å². The van der Waals surface area contributed by atoms with Crippen LogP contribution in [0.4, 0.5) is 0 Å². The number of piperazine rings is 1. The molecule has 0 radical (unpaired) electrons. The van der Waals surface area contributed by atoms with Gasteiger partial charge in [-0.25, -0.2) is 0 Å². The molecule has 0 bridgehead atoms. The molecule has 1 saturated heterocycles. The van der Waals surface area contributed by atoms with Crippen LogP contribution in [0.1, 0.15) is 36.3 Å². The van der Waals surface area contributed by atoms with Crippen molar-refractivity contribution in [2.24, 2.45) is 0 Å². The Labute approximate surface area is 141 Å². The fraction of sp³-hybridized carbons (Fsp3) is 0.706. The Bertz CT molecular complexity index is 526. The Morgan fingerprint density at radius 3 is 2.96 bits per heavy atom. The molecule has 3 rings (SSSR count). The lowest BCUT2D eigenvalue weighted by molar-refractivity contribution is -0.136. The highest BCUT2D eigenvalue weighted by Crippen LogP contribution is 2.34. The first kappa shape index (κ1) is 16.9. The van der Waals surface area contributed by atoms with Crippen LogP contribution in [0.15, 0.2) is 11.4 Å². The molecular formula is C17H26N2O3S. The van der Waals surface area contributed by atoms with E-state index in [9.17, 15) is 9.90 Å². The molecule has 128 valence electrons. The molecule has 1 aromatic heterocycles. The first-order valence-electron chi connectivity index (χ1n) is 8.53. The molecule has 2 aliphatic heterocycles. The van der Waals surface area contributed by atoms with Crippen LogP contribution in [-0.4, -0.2) is 66.2 Å². The maximum Gasteiger partial charge on any atom is 0.225 e. The van der Waals surface area contributed by atoms with Crippen molar-refractivity contribution < 1.29 is 14.6 Å². The second-order valence-corrected chi connectivity index (χ2v) is 7.31. The first-order valence-corrected chi connectivity index (χ1v) is 9.41. The van der Waals surface area contributed by atoms with Gasteiger partial charge in [-0.15, -0.1) is 11.3 Å². The number of amides is 1. The number of rotatable bonds is 5. The van der Waals surface area contributed by atoms with Gasteiger partial charge in [0.2, 0.25) is 5.91 Å². The van der Waals surface area contributed by atoms with Gasteiger partial charge in [-0.1, -0.05) is 6.92 Å². The number of aliphatic hydroxyl groups excluding tert-OH is 1. The Morgan fingerprint density at radius 1 is 1.43 bits per heavy atom. The van der Waals surface area contributed by atoms with Crippen LogP contribution in [0.25, 0.3) is 0 Å². The van der Waals surface area contributed by atoms with Crippen LogP contribution in [0.5, 0.6) is 0 Å². The minimum Gasteiger partial charge on any atom is -0.392 e. The van der Waals surface area contributed by atoms with E-state index in [1.54, 1.807) is 11.3 Å². The summed E-state index contributed by atoms with van der Waals surface area (Å²) in [6.45, 7) is 6.61. The number of ether oxygens (including phenoxy) is 1. The molecule has 0 aromatic carbocycles. The number of hydrogen-bond acceptors (Lipinski definition) is 5. The summed E-state index contributed by atoms with van der Waals surface area (Å²) >= 11 is 1.70. The fourth-order valence-electron chi connectivity index (χ4n) is 3.27. The third kappa shape index (κ3) is 4.12. The van der Waals surface area contributed by atoms with Crippen molar-refractivity contribution in [3.05, 3.63) is 21.9 Å². The molecule has 5 nitrogen and oxygen atoms in total. The van der Waals surface area contributed by atoms with E-state index in [-0.39, 0.29) is 18.1 Å². The molecule has 6 heteroatoms. The van der Waals surface area contributed by atoms with Gasteiger partial charge in [-0.2, -0.15) is 0 Å². The standard InChI is InChI=1S/C17H26N2O3S/c1-2-14(20)12-18-5-7-19(8-6-18)16(21)11-15-17-13(3-9-22-15)4-10-23-17/h4,10,14-15,20H,2-3,5-9,11-12H2,1H3/t14-,15-/m0/s1. The third-order valence-corrected chi connectivity index (χ3v) is 5.84. The zero-order chi connectivity index (χ0) is 16.2. The molecule has 23 heavy (non-hydrogen) atoms. The van der Waals surface area contributed by atoms with Crippen molar-refractivity contribution in [3.8, 4) is 0 Å². The van der Waals surface area contributed by atoms with E-state index in [0.29, 0.717) is 19.6 Å². The highest BCUT2D eigenvalue weighted by Gasteiger charge is 2.28. The minimum atomic E-state index is -0.259. The molecule has 2 atom stereocenters. The molecule has 1 N–H and O–H groups in total. The number of carbonyl (C=O) groups is 1. The number of fused-ring (bicyclic) bond motifs is 1. The first-order chi connectivity index (χ1) is 11.2. The van der Waals surface area contributed by atoms with Crippen LogP contribution in [0, 0.1) is 0 Å². The Balaban J connectivity index is 1.49. The maximum atomic E-state index is 12.6. The lowest BCUT2D eigenvalue weighted by atomic mass is 10.0. The molecule has 1 aromatic rings. The topological polar surface area (TPSA) is 53.0 Å². The summed E-state index contributed by atoms with van der Waals surface area (Å²) in [5.41, 5.74) is 1.34. The smallest absolute Gasteiger partial charge is 0.225 e. The average Bonchev–Trinajstić information content (AvgIpc) is 3.05. The van der Waals surface area contributed by atoms with Gasteiger partial charge in [0.1, 0.15) is 6.10 Å². The highest BCUT2D eigenvalue weighted by molar-refractivity contribution is 7.10. The van der Waals surface area contributed by atoms with E-state index in [0.717, 1.165) is 39.0 Å². The summed E-state index contributed by atoms with van der Waals surface area (Å²) in [5, 5.41) is 11.8. The van der Waals surface area contributed by atoms with Gasteiger partial charge in [0, 0.05) is 37.6 Å². The van der Waals surface area contributed by atoms with Crippen molar-refractivity contribution in [2.75, 3.05) is 39.3 Å². The molecule has 0 spiro atoms. The molecule has 0 unspecified atom stereocenters. The fourth-order valence-corrected chi connectivity index (χ4v) is 4.27. The van der Waals surface area contributed by atoms with Gasteiger partial charge in [-0.3, -0.25) is 9.69 Å². The quantitative estimate of drug-likeness (QED) is 0.887. The van der Waals surface area contributed by atoms with Gasteiger partial charge in [0.25, 0.3) is 0 Å². The Kier molecular flexibility index (Phi) is 5.69. The van der Waals surface area contributed by atoms with Crippen LogP contribution in [0.3, 0.4) is 0 Å². The van der Waals surface area contributed by atoms with Crippen LogP contribution in [0.2, 0.25) is 0 Å². The monoisotopic (exact) mass is 338 g/mol. The van der Waals surface area contributed by atoms with Gasteiger partial charge in [-0.05, 0) is 29.9 Å². The molecule has 3 heterocycles. The second kappa shape index (κ2) is 7.75. The number of carbonyl (C=O) groups excluding carboxylic acids is 1. The second-order valence-electron chi connectivity index (χ2n) is 6.37. The summed E-state index contributed by atoms with van der Waals surface area (Å²) in [6.07, 6.45) is 1.87. The van der Waals surface area contributed by atoms with Gasteiger partial charge in [0.15, 0.2) is 0 Å². The molecule has 1 fully saturated rings. The van der Waals surface area contributed by atoms with E-state index >= 15 is 0 Å². The summed E-state index contributed by atoms with van der Waals surface area (Å²) in [7, 11) is 0. The zero-order valence-electron chi connectivity index (χ0n) is 13.7. The Hall–Kier alpha value is -0.950. The summed E-state index contributed by atoms with van der Waals surface area (Å²) in [6, 6.07) is 2.15. The number of thiophene rings is 1. The van der Waals surface area contributed by atoms with E-state index in [4.69, 9.17) is 4.74 Å². The number of aliphatic hydroxyl groups is 1. The number of nitrogens with zero attached hydrogens (tertiary/aromatic N) is 2. The summed E-state index contributed by atoms with van der Waals surface area (Å²) in [5.74, 6) is 0.187. The normalized spacial score (nSPS) is 23.6. The lowest BCUT2D eigenvalue weighted by Gasteiger charge is -2.36. The van der Waals surface area contributed by atoms with Crippen molar-refractivity contribution in [2.45, 2.75) is 38.4 Å². The molecule has 0 aliphatic carbocycles. The largest absolute Gasteiger partial charge is 0.392 e. The number of hydrogen-bond donors (Lipinski definition) is 1. The van der Waals surface area contributed by atoms with Crippen molar-refractivity contribution in [1.82, 2.24) is 9.80 Å². The SMILES string of the molecule is CC[C@H](O)CN1CCN(C(=O)C[C@@H]2OCCc3ccsc32)CC1. The zero-order valence-corrected chi connectivity index (χ0v) is 14.6. The lowest BCUT2D eigenvalue weighted by Crippen LogP contribution is -2.50. The Morgan fingerprint density at radius 2 is 2.22 bits per heavy atom. The van der Waals surface area contributed by atoms with Crippen LogP contribution in [-0.2, 0) is 16.0 Å². The predicted molar refractivity (Wildman–Crippen MR) is 90.7 cm³/mol. The predicted octanol–water partition coefficient (Wildman–Crippen LogP) is 1.67. The molecule has 2 aliphatic rings. The van der Waals surface area contributed by atoms with Crippen molar-refractivity contribution in [3.63, 3.8) is 0 Å². The third-order valence-electron chi connectivity index (χ3n) is 4.79.